The average molecular weight is 326 g/mol. The fourth-order valence-electron chi connectivity index (χ4n) is 2.35. The predicted octanol–water partition coefficient (Wildman–Crippen LogP) is 4.37. The van der Waals surface area contributed by atoms with E-state index in [2.05, 4.69) is 0 Å². The molecule has 1 amide bonds. The van der Waals surface area contributed by atoms with Crippen LogP contribution in [-0.2, 0) is 4.74 Å². The van der Waals surface area contributed by atoms with Crippen LogP contribution in [-0.4, -0.2) is 36.3 Å². The number of nitrogens with zero attached hydrogens (tertiary/aromatic N) is 1. The molecule has 1 saturated heterocycles. The monoisotopic (exact) mass is 325 g/mol. The Bertz CT molecular complexity index is 488. The van der Waals surface area contributed by atoms with Gasteiger partial charge >= 0.3 is 6.09 Å². The van der Waals surface area contributed by atoms with E-state index in [-0.39, 0.29) is 6.09 Å². The van der Waals surface area contributed by atoms with Crippen LogP contribution in [0.15, 0.2) is 24.3 Å². The Morgan fingerprint density at radius 3 is 2.36 bits per heavy atom. The lowest BCUT2D eigenvalue weighted by molar-refractivity contribution is 0.0165. The summed E-state index contributed by atoms with van der Waals surface area (Å²) >= 11 is 5.85. The van der Waals surface area contributed by atoms with Crippen molar-refractivity contribution in [3.05, 3.63) is 29.3 Å². The lowest BCUT2D eigenvalue weighted by atomic mass is 9.98. The van der Waals surface area contributed by atoms with E-state index in [4.69, 9.17) is 21.1 Å². The molecule has 4 nitrogen and oxygen atoms in total. The van der Waals surface area contributed by atoms with Crippen LogP contribution in [0.1, 0.15) is 33.6 Å². The van der Waals surface area contributed by atoms with Gasteiger partial charge in [0.15, 0.2) is 0 Å². The van der Waals surface area contributed by atoms with Crippen molar-refractivity contribution < 1.29 is 14.3 Å². The first-order chi connectivity index (χ1) is 10.3. The van der Waals surface area contributed by atoms with Gasteiger partial charge in [-0.25, -0.2) is 4.79 Å². The number of benzene rings is 1. The third kappa shape index (κ3) is 5.41. The summed E-state index contributed by atoms with van der Waals surface area (Å²) in [5.74, 6) is 1.30. The zero-order valence-corrected chi connectivity index (χ0v) is 14.2. The molecule has 1 aliphatic heterocycles. The van der Waals surface area contributed by atoms with Gasteiger partial charge in [0.05, 0.1) is 6.61 Å². The number of hydrogen-bond donors (Lipinski definition) is 0. The van der Waals surface area contributed by atoms with E-state index in [0.717, 1.165) is 31.7 Å². The predicted molar refractivity (Wildman–Crippen MR) is 87.5 cm³/mol. The Hall–Kier alpha value is -1.42. The highest BCUT2D eigenvalue weighted by atomic mass is 35.5. The molecule has 1 aliphatic rings. The highest BCUT2D eigenvalue weighted by Crippen LogP contribution is 2.22. The first kappa shape index (κ1) is 16.9. The van der Waals surface area contributed by atoms with Gasteiger partial charge in [-0.1, -0.05) is 11.6 Å². The van der Waals surface area contributed by atoms with Crippen molar-refractivity contribution in [2.24, 2.45) is 5.92 Å². The minimum Gasteiger partial charge on any atom is -0.493 e. The maximum absolute atomic E-state index is 12.0. The molecule has 0 aliphatic carbocycles. The normalized spacial score (nSPS) is 16.5. The zero-order valence-electron chi connectivity index (χ0n) is 13.5. The molecule has 1 aromatic carbocycles. The molecule has 0 N–H and O–H groups in total. The van der Waals surface area contributed by atoms with Gasteiger partial charge in [-0.05, 0) is 63.8 Å². The molecule has 0 aromatic heterocycles. The molecule has 2 rings (SSSR count). The Morgan fingerprint density at radius 2 is 1.82 bits per heavy atom. The molecule has 0 atom stereocenters. The second-order valence-electron chi connectivity index (χ2n) is 6.68. The molecule has 0 saturated carbocycles. The molecule has 1 fully saturated rings. The second-order valence-corrected chi connectivity index (χ2v) is 7.11. The smallest absolute Gasteiger partial charge is 0.410 e. The van der Waals surface area contributed by atoms with Crippen molar-refractivity contribution in [3.63, 3.8) is 0 Å². The van der Waals surface area contributed by atoms with Crippen molar-refractivity contribution >= 4 is 17.7 Å². The molecule has 0 unspecified atom stereocenters. The van der Waals surface area contributed by atoms with E-state index in [1.807, 2.05) is 45.0 Å². The van der Waals surface area contributed by atoms with Crippen LogP contribution in [0.2, 0.25) is 5.02 Å². The van der Waals surface area contributed by atoms with Gasteiger partial charge in [0.1, 0.15) is 11.4 Å². The molecular weight excluding hydrogens is 302 g/mol. The summed E-state index contributed by atoms with van der Waals surface area (Å²) in [5.41, 5.74) is -0.439. The van der Waals surface area contributed by atoms with E-state index in [1.165, 1.54) is 0 Å². The van der Waals surface area contributed by atoms with Crippen molar-refractivity contribution in [2.45, 2.75) is 39.2 Å². The summed E-state index contributed by atoms with van der Waals surface area (Å²) in [4.78, 5) is 13.8. The van der Waals surface area contributed by atoms with Gasteiger partial charge in [-0.15, -0.1) is 0 Å². The first-order valence-electron chi connectivity index (χ1n) is 7.70. The minimum atomic E-state index is -0.439. The Morgan fingerprint density at radius 1 is 1.23 bits per heavy atom. The average Bonchev–Trinajstić information content (AvgIpc) is 2.45. The molecule has 122 valence electrons. The van der Waals surface area contributed by atoms with Crippen molar-refractivity contribution in [2.75, 3.05) is 19.7 Å². The highest BCUT2D eigenvalue weighted by molar-refractivity contribution is 6.30. The largest absolute Gasteiger partial charge is 0.493 e. The molecule has 0 bridgehead atoms. The third-order valence-corrected chi connectivity index (χ3v) is 3.82. The van der Waals surface area contributed by atoms with Gasteiger partial charge in [0.25, 0.3) is 0 Å². The lowest BCUT2D eigenvalue weighted by Gasteiger charge is -2.33. The number of hydrogen-bond acceptors (Lipinski definition) is 3. The maximum atomic E-state index is 12.0. The zero-order chi connectivity index (χ0) is 16.2. The highest BCUT2D eigenvalue weighted by Gasteiger charge is 2.27. The minimum absolute atomic E-state index is 0.218. The quantitative estimate of drug-likeness (QED) is 0.828. The Balaban J connectivity index is 1.73. The van der Waals surface area contributed by atoms with E-state index in [1.54, 1.807) is 4.90 Å². The lowest BCUT2D eigenvalue weighted by Crippen LogP contribution is -2.42. The Kier molecular flexibility index (Phi) is 5.57. The fraction of sp³-hybridized carbons (Fsp3) is 0.588. The molecular formula is C17H24ClNO3. The van der Waals surface area contributed by atoms with E-state index in [0.29, 0.717) is 17.5 Å². The van der Waals surface area contributed by atoms with Crippen LogP contribution in [0.25, 0.3) is 0 Å². The topological polar surface area (TPSA) is 38.8 Å². The number of carbonyl (C=O) groups is 1. The summed E-state index contributed by atoms with van der Waals surface area (Å²) < 4.78 is 11.2. The molecule has 0 spiro atoms. The number of piperidine rings is 1. The fourth-order valence-corrected chi connectivity index (χ4v) is 2.48. The van der Waals surface area contributed by atoms with Gasteiger partial charge in [0.2, 0.25) is 0 Å². The van der Waals surface area contributed by atoms with Crippen LogP contribution < -0.4 is 4.74 Å². The van der Waals surface area contributed by atoms with E-state index >= 15 is 0 Å². The molecule has 1 aromatic rings. The van der Waals surface area contributed by atoms with Crippen molar-refractivity contribution in [1.29, 1.82) is 0 Å². The van der Waals surface area contributed by atoms with E-state index in [9.17, 15) is 4.79 Å². The van der Waals surface area contributed by atoms with Gasteiger partial charge in [-0.3, -0.25) is 0 Å². The summed E-state index contributed by atoms with van der Waals surface area (Å²) in [6.07, 6.45) is 1.66. The summed E-state index contributed by atoms with van der Waals surface area (Å²) in [6, 6.07) is 7.39. The van der Waals surface area contributed by atoms with Crippen LogP contribution in [0.5, 0.6) is 5.75 Å². The number of amides is 1. The molecule has 22 heavy (non-hydrogen) atoms. The maximum Gasteiger partial charge on any atom is 0.410 e. The van der Waals surface area contributed by atoms with Crippen LogP contribution >= 0.6 is 11.6 Å². The van der Waals surface area contributed by atoms with Crippen molar-refractivity contribution in [3.8, 4) is 5.75 Å². The van der Waals surface area contributed by atoms with Crippen molar-refractivity contribution in [1.82, 2.24) is 4.90 Å². The van der Waals surface area contributed by atoms with Crippen LogP contribution in [0.3, 0.4) is 0 Å². The SMILES string of the molecule is CC(C)(C)OC(=O)N1CCC(COc2ccc(Cl)cc2)CC1. The number of halogens is 1. The summed E-state index contributed by atoms with van der Waals surface area (Å²) in [7, 11) is 0. The van der Waals surface area contributed by atoms with Crippen LogP contribution in [0, 0.1) is 5.92 Å². The first-order valence-corrected chi connectivity index (χ1v) is 8.07. The number of likely N-dealkylation sites (tertiary alicyclic amines) is 1. The molecule has 0 radical (unpaired) electrons. The van der Waals surface area contributed by atoms with Gasteiger partial charge in [0, 0.05) is 18.1 Å². The number of rotatable bonds is 3. The van der Waals surface area contributed by atoms with Crippen LogP contribution in [0.4, 0.5) is 4.79 Å². The van der Waals surface area contributed by atoms with Gasteiger partial charge in [-0.2, -0.15) is 0 Å². The summed E-state index contributed by atoms with van der Waals surface area (Å²) in [6.45, 7) is 7.78. The summed E-state index contributed by atoms with van der Waals surface area (Å²) in [5, 5.41) is 0.706. The van der Waals surface area contributed by atoms with E-state index < -0.39 is 5.60 Å². The van der Waals surface area contributed by atoms with Gasteiger partial charge < -0.3 is 14.4 Å². The molecule has 5 heteroatoms. The standard InChI is InChI=1S/C17H24ClNO3/c1-17(2,3)22-16(20)19-10-8-13(9-11-19)12-21-15-6-4-14(18)5-7-15/h4-7,13H,8-12H2,1-3H3. The second kappa shape index (κ2) is 7.23. The molecule has 1 heterocycles. The Labute approximate surface area is 137 Å². The third-order valence-electron chi connectivity index (χ3n) is 3.57. The number of carbonyl (C=O) groups excluding carboxylic acids is 1. The number of ether oxygens (including phenoxy) is 2.